The van der Waals surface area contributed by atoms with E-state index < -0.39 is 5.97 Å². The molecule has 1 aromatic heterocycles. The first-order chi connectivity index (χ1) is 7.68. The number of carbonyl (C=O) groups excluding carboxylic acids is 1. The van der Waals surface area contributed by atoms with Crippen LogP contribution >= 0.6 is 11.5 Å². The minimum atomic E-state index is -0.461. The number of dihydropyridines is 1. The Balaban J connectivity index is 2.14. The van der Waals surface area contributed by atoms with E-state index in [4.69, 9.17) is 4.74 Å². The van der Waals surface area contributed by atoms with Gasteiger partial charge < -0.3 is 10.1 Å². The SMILES string of the molecule is C=C1NC=CC=C1OC(=O)c1snnc1C. The molecule has 1 aromatic rings. The summed E-state index contributed by atoms with van der Waals surface area (Å²) in [7, 11) is 0. The number of nitrogens with one attached hydrogen (secondary N) is 1. The molecule has 0 radical (unpaired) electrons. The van der Waals surface area contributed by atoms with E-state index in [1.165, 1.54) is 0 Å². The quantitative estimate of drug-likeness (QED) is 0.787. The van der Waals surface area contributed by atoms with Crippen molar-refractivity contribution < 1.29 is 9.53 Å². The summed E-state index contributed by atoms with van der Waals surface area (Å²) < 4.78 is 8.84. The number of aromatic nitrogens is 2. The van der Waals surface area contributed by atoms with Crippen LogP contribution in [0.2, 0.25) is 0 Å². The van der Waals surface area contributed by atoms with Crippen molar-refractivity contribution in [2.24, 2.45) is 0 Å². The molecule has 0 amide bonds. The predicted octanol–water partition coefficient (Wildman–Crippen LogP) is 1.52. The molecular weight excluding hydrogens is 226 g/mol. The minimum Gasteiger partial charge on any atom is -0.420 e. The number of ether oxygens (including phenoxy) is 1. The van der Waals surface area contributed by atoms with Crippen molar-refractivity contribution in [2.75, 3.05) is 0 Å². The Hall–Kier alpha value is -1.95. The number of allylic oxidation sites excluding steroid dienone is 2. The molecule has 1 aliphatic heterocycles. The van der Waals surface area contributed by atoms with E-state index in [2.05, 4.69) is 21.5 Å². The van der Waals surface area contributed by atoms with E-state index >= 15 is 0 Å². The first-order valence-corrected chi connectivity index (χ1v) is 5.29. The average Bonchev–Trinajstić information content (AvgIpc) is 2.68. The summed E-state index contributed by atoms with van der Waals surface area (Å²) in [4.78, 5) is 12.1. The number of hydrogen-bond acceptors (Lipinski definition) is 6. The molecule has 0 atom stereocenters. The molecule has 16 heavy (non-hydrogen) atoms. The van der Waals surface area contributed by atoms with Gasteiger partial charge in [-0.2, -0.15) is 0 Å². The number of carbonyl (C=O) groups is 1. The zero-order valence-corrected chi connectivity index (χ0v) is 9.37. The molecular formula is C10H9N3O2S. The first kappa shape index (κ1) is 10.6. The van der Waals surface area contributed by atoms with Gasteiger partial charge in [0.25, 0.3) is 0 Å². The maximum atomic E-state index is 11.7. The molecule has 1 aliphatic rings. The number of rotatable bonds is 2. The normalized spacial score (nSPS) is 14.3. The van der Waals surface area contributed by atoms with Crippen LogP contribution in [0, 0.1) is 6.92 Å². The standard InChI is InChI=1S/C10H9N3O2S/c1-6-8(4-3-5-11-6)15-10(14)9-7(2)12-13-16-9/h3-5,11H,1H2,2H3. The zero-order chi connectivity index (χ0) is 11.5. The first-order valence-electron chi connectivity index (χ1n) is 4.52. The van der Waals surface area contributed by atoms with Crippen LogP contribution in [0.1, 0.15) is 15.4 Å². The molecule has 0 saturated heterocycles. The monoisotopic (exact) mass is 235 g/mol. The smallest absolute Gasteiger partial charge is 0.357 e. The number of hydrogen-bond donors (Lipinski definition) is 1. The summed E-state index contributed by atoms with van der Waals surface area (Å²) in [5, 5.41) is 6.59. The second-order valence-electron chi connectivity index (χ2n) is 3.09. The molecule has 82 valence electrons. The van der Waals surface area contributed by atoms with Crippen molar-refractivity contribution in [1.82, 2.24) is 14.9 Å². The maximum absolute atomic E-state index is 11.7. The van der Waals surface area contributed by atoms with Crippen molar-refractivity contribution in [3.63, 3.8) is 0 Å². The van der Waals surface area contributed by atoms with Gasteiger partial charge in [-0.15, -0.1) is 5.10 Å². The van der Waals surface area contributed by atoms with Gasteiger partial charge in [0.2, 0.25) is 0 Å². The lowest BCUT2D eigenvalue weighted by Gasteiger charge is -2.12. The molecule has 0 unspecified atom stereocenters. The molecule has 0 fully saturated rings. The van der Waals surface area contributed by atoms with Crippen LogP contribution < -0.4 is 5.32 Å². The third kappa shape index (κ3) is 2.01. The van der Waals surface area contributed by atoms with Crippen molar-refractivity contribution in [1.29, 1.82) is 0 Å². The van der Waals surface area contributed by atoms with E-state index in [1.54, 1.807) is 25.3 Å². The number of nitrogens with zero attached hydrogens (tertiary/aromatic N) is 2. The highest BCUT2D eigenvalue weighted by molar-refractivity contribution is 7.07. The maximum Gasteiger partial charge on any atom is 0.357 e. The molecule has 0 aromatic carbocycles. The second-order valence-corrected chi connectivity index (χ2v) is 3.84. The predicted molar refractivity (Wildman–Crippen MR) is 59.6 cm³/mol. The topological polar surface area (TPSA) is 64.1 Å². The van der Waals surface area contributed by atoms with Crippen LogP contribution in [-0.2, 0) is 4.74 Å². The summed E-state index contributed by atoms with van der Waals surface area (Å²) in [6.45, 7) is 5.43. The summed E-state index contributed by atoms with van der Waals surface area (Å²) in [5.41, 5.74) is 1.12. The molecule has 0 saturated carbocycles. The van der Waals surface area contributed by atoms with Crippen molar-refractivity contribution in [2.45, 2.75) is 6.92 Å². The molecule has 2 rings (SSSR count). The van der Waals surface area contributed by atoms with Gasteiger partial charge in [0, 0.05) is 6.20 Å². The van der Waals surface area contributed by atoms with Crippen LogP contribution in [0.25, 0.3) is 0 Å². The second kappa shape index (κ2) is 4.28. The number of esters is 1. The molecule has 0 aliphatic carbocycles. The van der Waals surface area contributed by atoms with Gasteiger partial charge in [0.15, 0.2) is 10.6 Å². The highest BCUT2D eigenvalue weighted by atomic mass is 32.1. The lowest BCUT2D eigenvalue weighted by Crippen LogP contribution is -2.14. The van der Waals surface area contributed by atoms with Gasteiger partial charge in [0.05, 0.1) is 11.4 Å². The lowest BCUT2D eigenvalue weighted by atomic mass is 10.3. The van der Waals surface area contributed by atoms with Gasteiger partial charge in [-0.1, -0.05) is 11.1 Å². The van der Waals surface area contributed by atoms with Gasteiger partial charge in [-0.25, -0.2) is 4.79 Å². The van der Waals surface area contributed by atoms with Crippen molar-refractivity contribution >= 4 is 17.5 Å². The molecule has 6 heteroatoms. The average molecular weight is 235 g/mol. The van der Waals surface area contributed by atoms with Gasteiger partial charge >= 0.3 is 5.97 Å². The largest absolute Gasteiger partial charge is 0.420 e. The fourth-order valence-corrected chi connectivity index (χ4v) is 1.65. The molecule has 5 nitrogen and oxygen atoms in total. The molecule has 0 bridgehead atoms. The van der Waals surface area contributed by atoms with E-state index in [1.807, 2.05) is 0 Å². The van der Waals surface area contributed by atoms with Crippen molar-refractivity contribution in [3.8, 4) is 0 Å². The third-order valence-corrected chi connectivity index (χ3v) is 2.75. The van der Waals surface area contributed by atoms with Crippen LogP contribution in [0.3, 0.4) is 0 Å². The summed E-state index contributed by atoms with van der Waals surface area (Å²) in [5.74, 6) is -0.0581. The Morgan fingerprint density at radius 1 is 1.62 bits per heavy atom. The van der Waals surface area contributed by atoms with Crippen LogP contribution in [0.5, 0.6) is 0 Å². The van der Waals surface area contributed by atoms with Crippen molar-refractivity contribution in [3.05, 3.63) is 47.0 Å². The van der Waals surface area contributed by atoms with Crippen LogP contribution in [-0.4, -0.2) is 15.6 Å². The van der Waals surface area contributed by atoms with Gasteiger partial charge in [0.1, 0.15) is 0 Å². The molecule has 0 spiro atoms. The highest BCUT2D eigenvalue weighted by Crippen LogP contribution is 2.17. The zero-order valence-electron chi connectivity index (χ0n) is 8.56. The summed E-state index contributed by atoms with van der Waals surface area (Å²) in [6.07, 6.45) is 5.11. The highest BCUT2D eigenvalue weighted by Gasteiger charge is 2.18. The van der Waals surface area contributed by atoms with Gasteiger partial charge in [-0.05, 0) is 30.6 Å². The van der Waals surface area contributed by atoms with E-state index in [0.717, 1.165) is 11.5 Å². The Kier molecular flexibility index (Phi) is 2.82. The van der Waals surface area contributed by atoms with Gasteiger partial charge in [-0.3, -0.25) is 0 Å². The Bertz CT molecular complexity index is 502. The third-order valence-electron chi connectivity index (χ3n) is 1.94. The Morgan fingerprint density at radius 2 is 2.44 bits per heavy atom. The number of aryl methyl sites for hydroxylation is 1. The van der Waals surface area contributed by atoms with E-state index in [0.29, 0.717) is 22.0 Å². The minimum absolute atomic E-state index is 0.403. The summed E-state index contributed by atoms with van der Waals surface area (Å²) >= 11 is 1.02. The Labute approximate surface area is 96.3 Å². The Morgan fingerprint density at radius 3 is 3.06 bits per heavy atom. The van der Waals surface area contributed by atoms with E-state index in [-0.39, 0.29) is 0 Å². The molecule has 2 heterocycles. The fourth-order valence-electron chi connectivity index (χ4n) is 1.12. The summed E-state index contributed by atoms with van der Waals surface area (Å²) in [6, 6.07) is 0. The lowest BCUT2D eigenvalue weighted by molar-refractivity contribution is 0.0634. The molecule has 1 N–H and O–H groups in total. The van der Waals surface area contributed by atoms with Crippen LogP contribution in [0.15, 0.2) is 36.4 Å². The van der Waals surface area contributed by atoms with E-state index in [9.17, 15) is 4.79 Å². The van der Waals surface area contributed by atoms with Crippen LogP contribution in [0.4, 0.5) is 0 Å². The fraction of sp³-hybridized carbons (Fsp3) is 0.100.